The molecule has 2 unspecified atom stereocenters. The number of nitrogens with zero attached hydrogens (tertiary/aromatic N) is 1. The highest BCUT2D eigenvalue weighted by atomic mass is 16.6. The van der Waals surface area contributed by atoms with Crippen LogP contribution in [-0.4, -0.2) is 29.2 Å². The number of carbonyl (C=O) groups is 1. The molecule has 4 heteroatoms. The monoisotopic (exact) mass is 338 g/mol. The molecule has 1 fully saturated rings. The van der Waals surface area contributed by atoms with E-state index in [-0.39, 0.29) is 24.1 Å². The number of carbonyl (C=O) groups excluding carboxylic acids is 1. The molecule has 1 aliphatic heterocycles. The molecule has 2 N–H and O–H groups in total. The first-order valence-electron chi connectivity index (χ1n) is 8.71. The van der Waals surface area contributed by atoms with Gasteiger partial charge in [0.2, 0.25) is 0 Å². The second kappa shape index (κ2) is 6.98. The van der Waals surface area contributed by atoms with Gasteiger partial charge in [0.05, 0.1) is 18.1 Å². The lowest BCUT2D eigenvalue weighted by atomic mass is 9.87. The predicted molar refractivity (Wildman–Crippen MR) is 98.7 cm³/mol. The number of ether oxygens (including phenoxy) is 1. The standard InChI is InChI=1S/C21H26N2O2/c1-21(2,3)25-20(24)17-14-23(19(17)22)18(15-10-6-4-7-11-15)16-12-8-5-9-13-16/h4-13,17-19H,14,22H2,1-3H3. The van der Waals surface area contributed by atoms with Crippen molar-refractivity contribution in [3.8, 4) is 0 Å². The predicted octanol–water partition coefficient (Wildman–Crippen LogP) is 3.33. The third-order valence-electron chi connectivity index (χ3n) is 4.47. The summed E-state index contributed by atoms with van der Waals surface area (Å²) in [4.78, 5) is 14.5. The Balaban J connectivity index is 1.81. The summed E-state index contributed by atoms with van der Waals surface area (Å²) >= 11 is 0. The molecule has 0 radical (unpaired) electrons. The Kier molecular flexibility index (Phi) is 4.93. The maximum absolute atomic E-state index is 12.4. The molecular formula is C21H26N2O2. The van der Waals surface area contributed by atoms with Crippen LogP contribution in [0.2, 0.25) is 0 Å². The zero-order valence-electron chi connectivity index (χ0n) is 15.1. The first kappa shape index (κ1) is 17.6. The van der Waals surface area contributed by atoms with E-state index in [0.29, 0.717) is 6.54 Å². The van der Waals surface area contributed by atoms with E-state index in [0.717, 1.165) is 0 Å². The van der Waals surface area contributed by atoms with Gasteiger partial charge in [0, 0.05) is 6.54 Å². The van der Waals surface area contributed by atoms with Crippen molar-refractivity contribution >= 4 is 5.97 Å². The van der Waals surface area contributed by atoms with Crippen LogP contribution in [0.4, 0.5) is 0 Å². The van der Waals surface area contributed by atoms with Gasteiger partial charge in [0.15, 0.2) is 0 Å². The normalized spacial score (nSPS) is 21.0. The van der Waals surface area contributed by atoms with Gasteiger partial charge in [-0.3, -0.25) is 9.69 Å². The fourth-order valence-electron chi connectivity index (χ4n) is 3.27. The molecule has 4 nitrogen and oxygen atoms in total. The number of nitrogens with two attached hydrogens (primary N) is 1. The fourth-order valence-corrected chi connectivity index (χ4v) is 3.27. The minimum Gasteiger partial charge on any atom is -0.460 e. The Hall–Kier alpha value is -2.17. The lowest BCUT2D eigenvalue weighted by Crippen LogP contribution is -2.65. The average molecular weight is 338 g/mol. The van der Waals surface area contributed by atoms with Gasteiger partial charge in [-0.05, 0) is 31.9 Å². The van der Waals surface area contributed by atoms with E-state index in [2.05, 4.69) is 29.2 Å². The van der Waals surface area contributed by atoms with Gasteiger partial charge in [-0.1, -0.05) is 60.7 Å². The summed E-state index contributed by atoms with van der Waals surface area (Å²) < 4.78 is 5.51. The van der Waals surface area contributed by atoms with Crippen molar-refractivity contribution in [1.29, 1.82) is 0 Å². The van der Waals surface area contributed by atoms with Crippen molar-refractivity contribution in [2.45, 2.75) is 38.6 Å². The number of esters is 1. The van der Waals surface area contributed by atoms with E-state index in [1.165, 1.54) is 11.1 Å². The van der Waals surface area contributed by atoms with Crippen LogP contribution in [0.3, 0.4) is 0 Å². The first-order chi connectivity index (χ1) is 11.9. The molecule has 3 rings (SSSR count). The van der Waals surface area contributed by atoms with Crippen LogP contribution in [0, 0.1) is 5.92 Å². The molecule has 2 aromatic rings. The molecular weight excluding hydrogens is 312 g/mol. The van der Waals surface area contributed by atoms with Crippen LogP contribution in [0.25, 0.3) is 0 Å². The largest absolute Gasteiger partial charge is 0.460 e. The van der Waals surface area contributed by atoms with Crippen molar-refractivity contribution in [2.24, 2.45) is 11.7 Å². The third-order valence-corrected chi connectivity index (χ3v) is 4.47. The zero-order chi connectivity index (χ0) is 18.0. The highest BCUT2D eigenvalue weighted by Gasteiger charge is 2.46. The molecule has 0 amide bonds. The minimum atomic E-state index is -0.491. The molecule has 1 saturated heterocycles. The summed E-state index contributed by atoms with van der Waals surface area (Å²) in [6, 6.07) is 20.6. The molecule has 0 aromatic heterocycles. The van der Waals surface area contributed by atoms with Gasteiger partial charge < -0.3 is 10.5 Å². The lowest BCUT2D eigenvalue weighted by Gasteiger charge is -2.49. The molecule has 1 aliphatic rings. The second-order valence-corrected chi connectivity index (χ2v) is 7.55. The smallest absolute Gasteiger partial charge is 0.313 e. The van der Waals surface area contributed by atoms with E-state index in [1.807, 2.05) is 57.2 Å². The van der Waals surface area contributed by atoms with Gasteiger partial charge in [0.25, 0.3) is 0 Å². The van der Waals surface area contributed by atoms with Gasteiger partial charge in [-0.2, -0.15) is 0 Å². The van der Waals surface area contributed by atoms with Crippen molar-refractivity contribution in [3.05, 3.63) is 71.8 Å². The van der Waals surface area contributed by atoms with Crippen molar-refractivity contribution in [3.63, 3.8) is 0 Å². The molecule has 132 valence electrons. The maximum Gasteiger partial charge on any atom is 0.313 e. The number of likely N-dealkylation sites (tertiary alicyclic amines) is 1. The Bertz CT molecular complexity index is 670. The van der Waals surface area contributed by atoms with E-state index in [4.69, 9.17) is 10.5 Å². The second-order valence-electron chi connectivity index (χ2n) is 7.55. The van der Waals surface area contributed by atoms with E-state index < -0.39 is 5.60 Å². The molecule has 2 aromatic carbocycles. The molecule has 0 bridgehead atoms. The topological polar surface area (TPSA) is 55.6 Å². The van der Waals surface area contributed by atoms with Gasteiger partial charge in [-0.25, -0.2) is 0 Å². The Morgan fingerprint density at radius 1 is 1.04 bits per heavy atom. The molecule has 25 heavy (non-hydrogen) atoms. The third kappa shape index (κ3) is 3.91. The van der Waals surface area contributed by atoms with Crippen LogP contribution in [0.5, 0.6) is 0 Å². The Morgan fingerprint density at radius 3 is 1.92 bits per heavy atom. The molecule has 0 aliphatic carbocycles. The molecule has 1 heterocycles. The maximum atomic E-state index is 12.4. The van der Waals surface area contributed by atoms with Crippen molar-refractivity contribution < 1.29 is 9.53 Å². The number of hydrogen-bond donors (Lipinski definition) is 1. The summed E-state index contributed by atoms with van der Waals surface area (Å²) in [6.45, 7) is 6.24. The highest BCUT2D eigenvalue weighted by molar-refractivity contribution is 5.75. The summed E-state index contributed by atoms with van der Waals surface area (Å²) in [5.74, 6) is -0.495. The minimum absolute atomic E-state index is 0.0380. The van der Waals surface area contributed by atoms with Crippen molar-refractivity contribution in [1.82, 2.24) is 4.90 Å². The molecule has 0 saturated carbocycles. The van der Waals surface area contributed by atoms with Crippen LogP contribution in [0.1, 0.15) is 37.9 Å². The Labute approximate surface area is 149 Å². The SMILES string of the molecule is CC(C)(C)OC(=O)C1CN(C(c2ccccc2)c2ccccc2)C1N. The van der Waals surface area contributed by atoms with E-state index >= 15 is 0 Å². The number of hydrogen-bond acceptors (Lipinski definition) is 4. The van der Waals surface area contributed by atoms with E-state index in [9.17, 15) is 4.79 Å². The lowest BCUT2D eigenvalue weighted by molar-refractivity contribution is -0.172. The zero-order valence-corrected chi connectivity index (χ0v) is 15.1. The van der Waals surface area contributed by atoms with Crippen LogP contribution >= 0.6 is 0 Å². The number of benzene rings is 2. The van der Waals surface area contributed by atoms with Crippen LogP contribution < -0.4 is 5.73 Å². The van der Waals surface area contributed by atoms with E-state index in [1.54, 1.807) is 0 Å². The molecule has 2 atom stereocenters. The highest BCUT2D eigenvalue weighted by Crippen LogP contribution is 2.37. The van der Waals surface area contributed by atoms with Crippen LogP contribution in [0.15, 0.2) is 60.7 Å². The summed E-state index contributed by atoms with van der Waals surface area (Å²) in [7, 11) is 0. The van der Waals surface area contributed by atoms with Gasteiger partial charge in [-0.15, -0.1) is 0 Å². The number of rotatable bonds is 4. The fraction of sp³-hybridized carbons (Fsp3) is 0.381. The van der Waals surface area contributed by atoms with Crippen LogP contribution in [-0.2, 0) is 9.53 Å². The van der Waals surface area contributed by atoms with Crippen molar-refractivity contribution in [2.75, 3.05) is 6.54 Å². The summed E-state index contributed by atoms with van der Waals surface area (Å²) in [6.07, 6.45) is -0.347. The average Bonchev–Trinajstić information content (AvgIpc) is 2.57. The van der Waals surface area contributed by atoms with Gasteiger partial charge >= 0.3 is 5.97 Å². The summed E-state index contributed by atoms with van der Waals surface area (Å²) in [5.41, 5.74) is 8.24. The molecule has 0 spiro atoms. The first-order valence-corrected chi connectivity index (χ1v) is 8.71. The quantitative estimate of drug-likeness (QED) is 0.869. The summed E-state index contributed by atoms with van der Waals surface area (Å²) in [5, 5.41) is 0. The Morgan fingerprint density at radius 2 is 1.52 bits per heavy atom. The van der Waals surface area contributed by atoms with Gasteiger partial charge in [0.1, 0.15) is 5.60 Å².